The van der Waals surface area contributed by atoms with Crippen molar-refractivity contribution in [3.63, 3.8) is 0 Å². The fourth-order valence-corrected chi connectivity index (χ4v) is 6.39. The molecule has 6 nitrogen and oxygen atoms in total. The Balaban J connectivity index is 2.45. The van der Waals surface area contributed by atoms with Gasteiger partial charge in [-0.25, -0.2) is 16.8 Å². The molecule has 21 heavy (non-hydrogen) atoms. The highest BCUT2D eigenvalue weighted by molar-refractivity contribution is 7.93. The Morgan fingerprint density at radius 1 is 1.29 bits per heavy atom. The standard InChI is InChI=1S/C13H16O6S2/c1-19-13(14)12(10-7-8-20(15,16)9-10)21(17,18)11-5-3-2-4-6-11/h2-6,10,12H,7-9H2,1H3/t10-,12-/m1/s1. The fraction of sp³-hybridized carbons (Fsp3) is 0.462. The molecule has 0 radical (unpaired) electrons. The second kappa shape index (κ2) is 5.76. The van der Waals surface area contributed by atoms with Crippen molar-refractivity contribution in [2.24, 2.45) is 5.92 Å². The van der Waals surface area contributed by atoms with Crippen LogP contribution in [0.15, 0.2) is 35.2 Å². The molecule has 0 aromatic heterocycles. The molecule has 0 spiro atoms. The topological polar surface area (TPSA) is 94.6 Å². The average Bonchev–Trinajstić information content (AvgIpc) is 2.79. The molecule has 2 rings (SSSR count). The van der Waals surface area contributed by atoms with Crippen molar-refractivity contribution in [1.29, 1.82) is 0 Å². The Hall–Kier alpha value is -1.41. The molecular weight excluding hydrogens is 316 g/mol. The van der Waals surface area contributed by atoms with E-state index in [2.05, 4.69) is 4.74 Å². The van der Waals surface area contributed by atoms with Crippen molar-refractivity contribution in [3.8, 4) is 0 Å². The van der Waals surface area contributed by atoms with Crippen molar-refractivity contribution in [2.75, 3.05) is 18.6 Å². The van der Waals surface area contributed by atoms with Crippen LogP contribution in [0.2, 0.25) is 0 Å². The lowest BCUT2D eigenvalue weighted by molar-refractivity contribution is -0.141. The second-order valence-corrected chi connectivity index (χ2v) is 9.26. The van der Waals surface area contributed by atoms with Crippen molar-refractivity contribution >= 4 is 25.6 Å². The van der Waals surface area contributed by atoms with Gasteiger partial charge in [-0.1, -0.05) is 18.2 Å². The van der Waals surface area contributed by atoms with E-state index in [4.69, 9.17) is 0 Å². The quantitative estimate of drug-likeness (QED) is 0.743. The molecule has 0 N–H and O–H groups in total. The molecule has 0 saturated carbocycles. The van der Waals surface area contributed by atoms with Gasteiger partial charge in [0, 0.05) is 5.92 Å². The van der Waals surface area contributed by atoms with Gasteiger partial charge in [-0.05, 0) is 18.6 Å². The van der Waals surface area contributed by atoms with E-state index in [1.54, 1.807) is 18.2 Å². The van der Waals surface area contributed by atoms with Gasteiger partial charge in [0.1, 0.15) is 0 Å². The van der Waals surface area contributed by atoms with E-state index in [0.29, 0.717) is 0 Å². The lowest BCUT2D eigenvalue weighted by Crippen LogP contribution is -2.39. The summed E-state index contributed by atoms with van der Waals surface area (Å²) in [5, 5.41) is -1.48. The van der Waals surface area contributed by atoms with Crippen LogP contribution in [-0.4, -0.2) is 46.7 Å². The highest BCUT2D eigenvalue weighted by atomic mass is 32.2. The molecule has 8 heteroatoms. The third-order valence-electron chi connectivity index (χ3n) is 3.54. The van der Waals surface area contributed by atoms with Crippen LogP contribution >= 0.6 is 0 Å². The Morgan fingerprint density at radius 2 is 1.90 bits per heavy atom. The molecule has 1 aliphatic rings. The van der Waals surface area contributed by atoms with Gasteiger partial charge in [-0.3, -0.25) is 4.79 Å². The van der Waals surface area contributed by atoms with Crippen LogP contribution in [0.3, 0.4) is 0 Å². The summed E-state index contributed by atoms with van der Waals surface area (Å²) in [5.41, 5.74) is 0. The third kappa shape index (κ3) is 3.26. The highest BCUT2D eigenvalue weighted by Crippen LogP contribution is 2.30. The number of hydrogen-bond acceptors (Lipinski definition) is 6. The minimum Gasteiger partial charge on any atom is -0.468 e. The molecule has 0 amide bonds. The summed E-state index contributed by atoms with van der Waals surface area (Å²) in [6.07, 6.45) is 0.147. The van der Waals surface area contributed by atoms with E-state index in [1.165, 1.54) is 12.1 Å². The van der Waals surface area contributed by atoms with Crippen LogP contribution in [0, 0.1) is 5.92 Å². The summed E-state index contributed by atoms with van der Waals surface area (Å²) in [6, 6.07) is 7.52. The normalized spacial score (nSPS) is 22.6. The van der Waals surface area contributed by atoms with E-state index in [9.17, 15) is 21.6 Å². The number of methoxy groups -OCH3 is 1. The van der Waals surface area contributed by atoms with Crippen LogP contribution in [0.4, 0.5) is 0 Å². The first kappa shape index (κ1) is 16.0. The second-order valence-electron chi connectivity index (χ2n) is 4.96. The van der Waals surface area contributed by atoms with Gasteiger partial charge in [-0.2, -0.15) is 0 Å². The van der Waals surface area contributed by atoms with Crippen LogP contribution in [0.25, 0.3) is 0 Å². The minimum atomic E-state index is -3.98. The molecule has 1 aromatic carbocycles. The summed E-state index contributed by atoms with van der Waals surface area (Å²) < 4.78 is 53.0. The monoisotopic (exact) mass is 332 g/mol. The molecule has 1 aromatic rings. The Morgan fingerprint density at radius 3 is 2.38 bits per heavy atom. The zero-order chi connectivity index (χ0) is 15.7. The maximum atomic E-state index is 12.6. The largest absolute Gasteiger partial charge is 0.468 e. The molecule has 0 unspecified atom stereocenters. The summed E-state index contributed by atoms with van der Waals surface area (Å²) in [5.74, 6) is -2.09. The van der Waals surface area contributed by atoms with Crippen molar-refractivity contribution in [1.82, 2.24) is 0 Å². The number of rotatable bonds is 4. The number of esters is 1. The predicted molar refractivity (Wildman–Crippen MR) is 76.2 cm³/mol. The van der Waals surface area contributed by atoms with Gasteiger partial charge in [0.2, 0.25) is 0 Å². The van der Waals surface area contributed by atoms with E-state index in [-0.39, 0.29) is 22.8 Å². The summed E-state index contributed by atoms with van der Waals surface area (Å²) in [6.45, 7) is 0. The smallest absolute Gasteiger partial charge is 0.324 e. The van der Waals surface area contributed by atoms with E-state index < -0.39 is 36.8 Å². The van der Waals surface area contributed by atoms with E-state index in [0.717, 1.165) is 7.11 Å². The highest BCUT2D eigenvalue weighted by Gasteiger charge is 2.46. The first-order chi connectivity index (χ1) is 9.78. The van der Waals surface area contributed by atoms with Gasteiger partial charge in [0.15, 0.2) is 24.9 Å². The van der Waals surface area contributed by atoms with E-state index in [1.807, 2.05) is 0 Å². The number of carbonyl (C=O) groups excluding carboxylic acids is 1. The van der Waals surface area contributed by atoms with Crippen molar-refractivity contribution < 1.29 is 26.4 Å². The van der Waals surface area contributed by atoms with Crippen LogP contribution in [-0.2, 0) is 29.2 Å². The Labute approximate surface area is 124 Å². The van der Waals surface area contributed by atoms with Crippen LogP contribution in [0.1, 0.15) is 6.42 Å². The third-order valence-corrected chi connectivity index (χ3v) is 7.50. The first-order valence-electron chi connectivity index (χ1n) is 6.35. The zero-order valence-electron chi connectivity index (χ0n) is 11.4. The average molecular weight is 332 g/mol. The SMILES string of the molecule is COC(=O)[C@@H]([C@@H]1CCS(=O)(=O)C1)S(=O)(=O)c1ccccc1. The van der Waals surface area contributed by atoms with Crippen LogP contribution in [0.5, 0.6) is 0 Å². The molecule has 2 atom stereocenters. The molecule has 1 aliphatic heterocycles. The summed E-state index contributed by atoms with van der Waals surface area (Å²) in [4.78, 5) is 11.9. The van der Waals surface area contributed by atoms with Crippen LogP contribution < -0.4 is 0 Å². The maximum absolute atomic E-state index is 12.6. The molecule has 1 saturated heterocycles. The molecule has 0 bridgehead atoms. The number of sulfone groups is 2. The number of benzene rings is 1. The van der Waals surface area contributed by atoms with Gasteiger partial charge < -0.3 is 4.74 Å². The number of carbonyl (C=O) groups is 1. The number of ether oxygens (including phenoxy) is 1. The minimum absolute atomic E-state index is 0.00954. The summed E-state index contributed by atoms with van der Waals surface area (Å²) >= 11 is 0. The van der Waals surface area contributed by atoms with Crippen molar-refractivity contribution in [3.05, 3.63) is 30.3 Å². The molecule has 1 fully saturated rings. The zero-order valence-corrected chi connectivity index (χ0v) is 13.1. The van der Waals surface area contributed by atoms with Crippen molar-refractivity contribution in [2.45, 2.75) is 16.6 Å². The van der Waals surface area contributed by atoms with Gasteiger partial charge in [-0.15, -0.1) is 0 Å². The van der Waals surface area contributed by atoms with E-state index >= 15 is 0 Å². The summed E-state index contributed by atoms with van der Waals surface area (Å²) in [7, 11) is -6.19. The molecule has 116 valence electrons. The predicted octanol–water partition coefficient (Wildman–Crippen LogP) is 0.437. The fourth-order valence-electron chi connectivity index (χ4n) is 2.51. The Kier molecular flexibility index (Phi) is 4.38. The lowest BCUT2D eigenvalue weighted by atomic mass is 10.1. The lowest BCUT2D eigenvalue weighted by Gasteiger charge is -2.20. The first-order valence-corrected chi connectivity index (χ1v) is 9.72. The maximum Gasteiger partial charge on any atom is 0.324 e. The molecular formula is C13H16O6S2. The molecule has 1 heterocycles. The van der Waals surface area contributed by atoms with Gasteiger partial charge >= 0.3 is 5.97 Å². The molecule has 0 aliphatic carbocycles. The van der Waals surface area contributed by atoms with Gasteiger partial charge in [0.25, 0.3) is 0 Å². The number of hydrogen-bond donors (Lipinski definition) is 0. The van der Waals surface area contributed by atoms with Gasteiger partial charge in [0.05, 0.1) is 23.5 Å². The Bertz CT molecular complexity index is 721.